The van der Waals surface area contributed by atoms with E-state index in [1.165, 1.54) is 18.2 Å². The van der Waals surface area contributed by atoms with Gasteiger partial charge in [0.05, 0.1) is 4.92 Å². The van der Waals surface area contributed by atoms with Crippen LogP contribution in [0.1, 0.15) is 49.5 Å². The molecule has 1 unspecified atom stereocenters. The summed E-state index contributed by atoms with van der Waals surface area (Å²) in [5.74, 6) is -0.406. The number of nitrogens with one attached hydrogen (secondary N) is 1. The van der Waals surface area contributed by atoms with Crippen LogP contribution in [0.25, 0.3) is 0 Å². The van der Waals surface area contributed by atoms with Crippen LogP contribution in [0, 0.1) is 17.0 Å². The summed E-state index contributed by atoms with van der Waals surface area (Å²) in [5.41, 5.74) is 0.784. The molecule has 0 aromatic heterocycles. The zero-order chi connectivity index (χ0) is 21.0. The Kier molecular flexibility index (Phi) is 7.12. The first-order valence-electron chi connectivity index (χ1n) is 9.68. The van der Waals surface area contributed by atoms with Gasteiger partial charge >= 0.3 is 0 Å². The minimum atomic E-state index is -0.505. The number of hydrogen-bond acceptors (Lipinski definition) is 5. The Bertz CT molecular complexity index is 750. The monoisotopic (exact) mass is 390 g/mol. The van der Waals surface area contributed by atoms with E-state index in [9.17, 15) is 19.7 Å². The molecule has 0 spiro atoms. The summed E-state index contributed by atoms with van der Waals surface area (Å²) in [5, 5.41) is 14.0. The van der Waals surface area contributed by atoms with E-state index < -0.39 is 11.0 Å². The van der Waals surface area contributed by atoms with Crippen molar-refractivity contribution in [2.24, 2.45) is 0 Å². The van der Waals surface area contributed by atoms with Gasteiger partial charge in [0.2, 0.25) is 5.91 Å². The second kappa shape index (κ2) is 9.14. The van der Waals surface area contributed by atoms with Crippen molar-refractivity contribution in [1.82, 2.24) is 15.1 Å². The van der Waals surface area contributed by atoms with Crippen LogP contribution in [0.4, 0.5) is 5.69 Å². The number of aryl methyl sites for hydroxylation is 1. The highest BCUT2D eigenvalue weighted by Gasteiger charge is 2.35. The predicted molar refractivity (Wildman–Crippen MR) is 107 cm³/mol. The number of nitro groups is 1. The summed E-state index contributed by atoms with van der Waals surface area (Å²) in [4.78, 5) is 39.9. The van der Waals surface area contributed by atoms with Crippen LogP contribution in [0.15, 0.2) is 18.2 Å². The minimum Gasteiger partial charge on any atom is -0.351 e. The van der Waals surface area contributed by atoms with Crippen LogP contribution in [0.2, 0.25) is 0 Å². The second-order valence-corrected chi connectivity index (χ2v) is 7.86. The molecule has 2 rings (SSSR count). The van der Waals surface area contributed by atoms with E-state index in [1.807, 2.05) is 14.0 Å². The number of rotatable bonds is 7. The third-order valence-electron chi connectivity index (χ3n) is 5.29. The molecular formula is C20H30N4O4. The molecule has 28 heavy (non-hydrogen) atoms. The van der Waals surface area contributed by atoms with Gasteiger partial charge in [0.1, 0.15) is 6.04 Å². The highest BCUT2D eigenvalue weighted by Crippen LogP contribution is 2.24. The highest BCUT2D eigenvalue weighted by atomic mass is 16.6. The van der Waals surface area contributed by atoms with Crippen molar-refractivity contribution in [1.29, 1.82) is 0 Å². The number of benzene rings is 1. The van der Waals surface area contributed by atoms with Gasteiger partial charge in [-0.15, -0.1) is 0 Å². The summed E-state index contributed by atoms with van der Waals surface area (Å²) in [6.07, 6.45) is 1.38. The molecule has 2 amide bonds. The lowest BCUT2D eigenvalue weighted by Crippen LogP contribution is -2.50. The highest BCUT2D eigenvalue weighted by molar-refractivity contribution is 5.98. The molecule has 1 aliphatic heterocycles. The van der Waals surface area contributed by atoms with Crippen molar-refractivity contribution >= 4 is 17.5 Å². The van der Waals surface area contributed by atoms with Gasteiger partial charge in [-0.2, -0.15) is 0 Å². The van der Waals surface area contributed by atoms with Crippen molar-refractivity contribution < 1.29 is 14.5 Å². The van der Waals surface area contributed by atoms with Gasteiger partial charge in [-0.1, -0.05) is 0 Å². The van der Waals surface area contributed by atoms with Crippen molar-refractivity contribution in [2.45, 2.75) is 58.7 Å². The predicted octanol–water partition coefficient (Wildman–Crippen LogP) is 2.35. The van der Waals surface area contributed by atoms with Crippen LogP contribution in [-0.4, -0.2) is 64.8 Å². The van der Waals surface area contributed by atoms with Gasteiger partial charge in [-0.3, -0.25) is 19.7 Å². The number of carbonyl (C=O) groups is 2. The first kappa shape index (κ1) is 21.8. The zero-order valence-corrected chi connectivity index (χ0v) is 17.3. The SMILES string of the molecule is Cc1cc(C(=O)N2CCCC2C(=O)N[C@H](C)CN(C)C(C)C)ccc1[N+](=O)[O-]. The topological polar surface area (TPSA) is 95.8 Å². The van der Waals surface area contributed by atoms with E-state index in [0.29, 0.717) is 30.1 Å². The lowest BCUT2D eigenvalue weighted by molar-refractivity contribution is -0.385. The maximum absolute atomic E-state index is 12.9. The summed E-state index contributed by atoms with van der Waals surface area (Å²) in [6.45, 7) is 8.99. The van der Waals surface area contributed by atoms with E-state index in [2.05, 4.69) is 24.1 Å². The van der Waals surface area contributed by atoms with E-state index >= 15 is 0 Å². The summed E-state index contributed by atoms with van der Waals surface area (Å²) in [7, 11) is 2.01. The summed E-state index contributed by atoms with van der Waals surface area (Å²) in [6, 6.07) is 4.18. The average molecular weight is 390 g/mol. The first-order chi connectivity index (χ1) is 13.1. The smallest absolute Gasteiger partial charge is 0.272 e. The molecule has 1 heterocycles. The van der Waals surface area contributed by atoms with E-state index in [4.69, 9.17) is 0 Å². The Labute approximate surface area is 166 Å². The summed E-state index contributed by atoms with van der Waals surface area (Å²) >= 11 is 0. The Hall–Kier alpha value is -2.48. The molecule has 1 saturated heterocycles. The molecule has 0 saturated carbocycles. The molecule has 1 aromatic carbocycles. The molecule has 8 heteroatoms. The minimum absolute atomic E-state index is 0.0182. The van der Waals surface area contributed by atoms with E-state index in [-0.39, 0.29) is 23.5 Å². The molecule has 8 nitrogen and oxygen atoms in total. The molecular weight excluding hydrogens is 360 g/mol. The van der Waals surface area contributed by atoms with Gasteiger partial charge in [0, 0.05) is 42.4 Å². The Balaban J connectivity index is 2.07. The van der Waals surface area contributed by atoms with Crippen LogP contribution in [0.5, 0.6) is 0 Å². The molecule has 1 aliphatic rings. The van der Waals surface area contributed by atoms with Gasteiger partial charge in [0.15, 0.2) is 0 Å². The van der Waals surface area contributed by atoms with Gasteiger partial charge < -0.3 is 15.1 Å². The Morgan fingerprint density at radius 3 is 2.61 bits per heavy atom. The second-order valence-electron chi connectivity index (χ2n) is 7.86. The van der Waals surface area contributed by atoms with Crippen molar-refractivity contribution in [3.8, 4) is 0 Å². The largest absolute Gasteiger partial charge is 0.351 e. The fourth-order valence-corrected chi connectivity index (χ4v) is 3.47. The first-order valence-corrected chi connectivity index (χ1v) is 9.68. The van der Waals surface area contributed by atoms with Crippen LogP contribution in [0.3, 0.4) is 0 Å². The number of nitrogens with zero attached hydrogens (tertiary/aromatic N) is 3. The number of hydrogen-bond donors (Lipinski definition) is 1. The van der Waals surface area contributed by atoms with Gasteiger partial charge in [0.25, 0.3) is 11.6 Å². The van der Waals surface area contributed by atoms with Gasteiger partial charge in [-0.25, -0.2) is 0 Å². The number of carbonyl (C=O) groups excluding carboxylic acids is 2. The molecule has 154 valence electrons. The number of nitro benzene ring substituents is 1. The summed E-state index contributed by atoms with van der Waals surface area (Å²) < 4.78 is 0. The number of likely N-dealkylation sites (tertiary alicyclic amines) is 1. The molecule has 0 aliphatic carbocycles. The van der Waals surface area contributed by atoms with Crippen molar-refractivity contribution in [2.75, 3.05) is 20.1 Å². The van der Waals surface area contributed by atoms with Crippen LogP contribution < -0.4 is 5.32 Å². The maximum Gasteiger partial charge on any atom is 0.272 e. The third kappa shape index (κ3) is 5.07. The molecule has 0 bridgehead atoms. The maximum atomic E-state index is 12.9. The van der Waals surface area contributed by atoms with Crippen LogP contribution in [-0.2, 0) is 4.79 Å². The molecule has 1 aromatic rings. The van der Waals surface area contributed by atoms with Gasteiger partial charge in [-0.05, 0) is 59.7 Å². The normalized spacial score (nSPS) is 17.8. The third-order valence-corrected chi connectivity index (χ3v) is 5.29. The quantitative estimate of drug-likeness (QED) is 0.569. The molecule has 1 fully saturated rings. The standard InChI is InChI=1S/C20H30N4O4/c1-13(2)22(5)12-15(4)21-19(25)18-7-6-10-23(18)20(26)16-8-9-17(24(27)28)14(3)11-16/h8-9,11,13,15,18H,6-7,10,12H2,1-5H3,(H,21,25)/t15-,18?/m1/s1. The van der Waals surface area contributed by atoms with E-state index in [0.717, 1.165) is 13.0 Å². The molecule has 0 radical (unpaired) electrons. The Morgan fingerprint density at radius 1 is 1.36 bits per heavy atom. The number of likely N-dealkylation sites (N-methyl/N-ethyl adjacent to an activating group) is 1. The van der Waals surface area contributed by atoms with Crippen LogP contribution >= 0.6 is 0 Å². The zero-order valence-electron chi connectivity index (χ0n) is 17.3. The van der Waals surface area contributed by atoms with E-state index in [1.54, 1.807) is 11.8 Å². The Morgan fingerprint density at radius 2 is 2.04 bits per heavy atom. The lowest BCUT2D eigenvalue weighted by atomic mass is 10.1. The lowest BCUT2D eigenvalue weighted by Gasteiger charge is -2.28. The fraction of sp³-hybridized carbons (Fsp3) is 0.600. The van der Waals surface area contributed by atoms with Crippen molar-refractivity contribution in [3.63, 3.8) is 0 Å². The average Bonchev–Trinajstić information content (AvgIpc) is 3.10. The fourth-order valence-electron chi connectivity index (χ4n) is 3.47. The van der Waals surface area contributed by atoms with Crippen molar-refractivity contribution in [3.05, 3.63) is 39.4 Å². The molecule has 1 N–H and O–H groups in total. The number of amides is 2. The molecule has 2 atom stereocenters.